The second-order valence-corrected chi connectivity index (χ2v) is 6.05. The Morgan fingerprint density at radius 3 is 2.60 bits per heavy atom. The van der Waals surface area contributed by atoms with Crippen LogP contribution in [-0.2, 0) is 6.54 Å². The van der Waals surface area contributed by atoms with Crippen molar-refractivity contribution >= 4 is 11.7 Å². The predicted octanol–water partition coefficient (Wildman–Crippen LogP) is 3.45. The van der Waals surface area contributed by atoms with E-state index in [4.69, 9.17) is 9.26 Å². The molecule has 0 amide bonds. The maximum atomic E-state index is 5.42. The van der Waals surface area contributed by atoms with Crippen LogP contribution < -0.4 is 14.5 Å². The Morgan fingerprint density at radius 1 is 1.04 bits per heavy atom. The number of aromatic nitrogens is 2. The molecule has 6 nitrogen and oxygen atoms in total. The first-order chi connectivity index (χ1) is 12.1. The fourth-order valence-corrected chi connectivity index (χ4v) is 2.52. The van der Waals surface area contributed by atoms with Gasteiger partial charge in [-0.15, -0.1) is 0 Å². The van der Waals surface area contributed by atoms with Gasteiger partial charge in [0.15, 0.2) is 0 Å². The molecule has 130 valence electrons. The molecule has 0 N–H and O–H groups in total. The molecule has 0 saturated carbocycles. The van der Waals surface area contributed by atoms with Crippen molar-refractivity contribution in [2.75, 3.05) is 38.1 Å². The summed E-state index contributed by atoms with van der Waals surface area (Å²) in [5.41, 5.74) is 3.20. The smallest absolute Gasteiger partial charge is 0.324 e. The third kappa shape index (κ3) is 3.91. The molecule has 0 bridgehead atoms. The lowest BCUT2D eigenvalue weighted by atomic mass is 10.2. The predicted molar refractivity (Wildman–Crippen MR) is 99.2 cm³/mol. The number of anilines is 2. The van der Waals surface area contributed by atoms with Crippen LogP contribution in [0.3, 0.4) is 0 Å². The first-order valence-electron chi connectivity index (χ1n) is 8.02. The molecule has 0 aliphatic rings. The van der Waals surface area contributed by atoms with Gasteiger partial charge in [0.1, 0.15) is 5.75 Å². The van der Waals surface area contributed by atoms with E-state index < -0.39 is 0 Å². The van der Waals surface area contributed by atoms with Gasteiger partial charge in [-0.25, -0.2) is 0 Å². The zero-order valence-corrected chi connectivity index (χ0v) is 14.9. The van der Waals surface area contributed by atoms with E-state index in [1.54, 1.807) is 7.11 Å². The highest BCUT2D eigenvalue weighted by molar-refractivity contribution is 5.58. The molecule has 3 aromatic rings. The first kappa shape index (κ1) is 16.8. The Balaban J connectivity index is 1.76. The van der Waals surface area contributed by atoms with Gasteiger partial charge in [-0.05, 0) is 29.8 Å². The van der Waals surface area contributed by atoms with Crippen LogP contribution in [0.1, 0.15) is 5.56 Å². The number of methoxy groups -OCH3 is 1. The van der Waals surface area contributed by atoms with E-state index in [0.29, 0.717) is 18.4 Å². The maximum absolute atomic E-state index is 5.42. The zero-order valence-electron chi connectivity index (χ0n) is 14.9. The Hall–Kier alpha value is -3.02. The highest BCUT2D eigenvalue weighted by atomic mass is 16.5. The Morgan fingerprint density at radius 2 is 1.84 bits per heavy atom. The summed E-state index contributed by atoms with van der Waals surface area (Å²) < 4.78 is 10.7. The maximum Gasteiger partial charge on any atom is 0.324 e. The molecule has 0 atom stereocenters. The van der Waals surface area contributed by atoms with Crippen LogP contribution in [0.4, 0.5) is 11.7 Å². The summed E-state index contributed by atoms with van der Waals surface area (Å²) in [6.07, 6.45) is 0. The van der Waals surface area contributed by atoms with Gasteiger partial charge in [0.2, 0.25) is 5.82 Å². The molecule has 3 rings (SSSR count). The molecule has 2 aromatic carbocycles. The van der Waals surface area contributed by atoms with E-state index in [1.807, 2.05) is 56.4 Å². The molecule has 1 aromatic heterocycles. The summed E-state index contributed by atoms with van der Waals surface area (Å²) in [7, 11) is 7.63. The molecule has 0 aliphatic heterocycles. The summed E-state index contributed by atoms with van der Waals surface area (Å²) in [6.45, 7) is 0.682. The lowest BCUT2D eigenvalue weighted by Crippen LogP contribution is -2.17. The van der Waals surface area contributed by atoms with E-state index in [0.717, 1.165) is 17.0 Å². The third-order valence-electron chi connectivity index (χ3n) is 3.92. The number of nitrogens with zero attached hydrogens (tertiary/aromatic N) is 4. The van der Waals surface area contributed by atoms with Crippen molar-refractivity contribution in [3.63, 3.8) is 0 Å². The van der Waals surface area contributed by atoms with Crippen LogP contribution in [0.5, 0.6) is 5.75 Å². The van der Waals surface area contributed by atoms with Crippen molar-refractivity contribution in [1.29, 1.82) is 0 Å². The second kappa shape index (κ2) is 7.25. The van der Waals surface area contributed by atoms with Gasteiger partial charge in [-0.2, -0.15) is 4.98 Å². The standard InChI is InChI=1S/C19H22N4O2/c1-22(2)16-9-5-7-14(11-16)13-23(3)19-20-18(21-25-19)15-8-6-10-17(12-15)24-4/h5-12H,13H2,1-4H3. The normalized spacial score (nSPS) is 10.6. The molecule has 0 unspecified atom stereocenters. The summed E-state index contributed by atoms with van der Waals surface area (Å²) in [6, 6.07) is 16.4. The number of rotatable bonds is 6. The lowest BCUT2D eigenvalue weighted by Gasteiger charge is -2.17. The van der Waals surface area contributed by atoms with Gasteiger partial charge in [0.25, 0.3) is 0 Å². The largest absolute Gasteiger partial charge is 0.497 e. The van der Waals surface area contributed by atoms with Crippen molar-refractivity contribution in [3.8, 4) is 17.1 Å². The highest BCUT2D eigenvalue weighted by Crippen LogP contribution is 2.24. The molecule has 6 heteroatoms. The van der Waals surface area contributed by atoms with Crippen molar-refractivity contribution in [3.05, 3.63) is 54.1 Å². The van der Waals surface area contributed by atoms with Gasteiger partial charge in [-0.3, -0.25) is 0 Å². The van der Waals surface area contributed by atoms with E-state index in [2.05, 4.69) is 33.2 Å². The number of hydrogen-bond acceptors (Lipinski definition) is 6. The van der Waals surface area contributed by atoms with Crippen LogP contribution in [-0.4, -0.2) is 38.4 Å². The second-order valence-electron chi connectivity index (χ2n) is 6.05. The quantitative estimate of drug-likeness (QED) is 0.686. The first-order valence-corrected chi connectivity index (χ1v) is 8.02. The molecular weight excluding hydrogens is 316 g/mol. The minimum Gasteiger partial charge on any atom is -0.497 e. The highest BCUT2D eigenvalue weighted by Gasteiger charge is 2.13. The average Bonchev–Trinajstić information content (AvgIpc) is 3.12. The van der Waals surface area contributed by atoms with Crippen LogP contribution in [0, 0.1) is 0 Å². The molecule has 1 heterocycles. The average molecular weight is 338 g/mol. The fraction of sp³-hybridized carbons (Fsp3) is 0.263. The Bertz CT molecular complexity index is 845. The van der Waals surface area contributed by atoms with E-state index >= 15 is 0 Å². The number of hydrogen-bond donors (Lipinski definition) is 0. The molecule has 25 heavy (non-hydrogen) atoms. The Labute approximate surface area is 147 Å². The molecule has 0 saturated heterocycles. The number of benzene rings is 2. The van der Waals surface area contributed by atoms with Crippen LogP contribution in [0.15, 0.2) is 53.1 Å². The minimum atomic E-state index is 0.480. The molecule has 0 spiro atoms. The van der Waals surface area contributed by atoms with Crippen molar-refractivity contribution in [2.45, 2.75) is 6.54 Å². The van der Waals surface area contributed by atoms with Gasteiger partial charge < -0.3 is 19.1 Å². The van der Waals surface area contributed by atoms with Gasteiger partial charge in [0, 0.05) is 38.9 Å². The van der Waals surface area contributed by atoms with Crippen LogP contribution in [0.25, 0.3) is 11.4 Å². The van der Waals surface area contributed by atoms with Crippen LogP contribution in [0.2, 0.25) is 0 Å². The molecule has 0 radical (unpaired) electrons. The molecule has 0 aliphatic carbocycles. The zero-order chi connectivity index (χ0) is 17.8. The lowest BCUT2D eigenvalue weighted by molar-refractivity contribution is 0.414. The van der Waals surface area contributed by atoms with E-state index in [1.165, 1.54) is 5.56 Å². The topological polar surface area (TPSA) is 54.6 Å². The monoisotopic (exact) mass is 338 g/mol. The summed E-state index contributed by atoms with van der Waals surface area (Å²) in [4.78, 5) is 8.51. The third-order valence-corrected chi connectivity index (χ3v) is 3.92. The molecule has 0 fully saturated rings. The van der Waals surface area contributed by atoms with Crippen molar-refractivity contribution < 1.29 is 9.26 Å². The van der Waals surface area contributed by atoms with Gasteiger partial charge in [-0.1, -0.05) is 29.4 Å². The van der Waals surface area contributed by atoms with E-state index in [9.17, 15) is 0 Å². The Kier molecular flexibility index (Phi) is 4.88. The SMILES string of the molecule is COc1cccc(-c2noc(N(C)Cc3cccc(N(C)C)c3)n2)c1. The minimum absolute atomic E-state index is 0.480. The van der Waals surface area contributed by atoms with Crippen molar-refractivity contribution in [1.82, 2.24) is 10.1 Å². The summed E-state index contributed by atoms with van der Waals surface area (Å²) in [5.74, 6) is 1.31. The van der Waals surface area contributed by atoms with Crippen LogP contribution >= 0.6 is 0 Å². The summed E-state index contributed by atoms with van der Waals surface area (Å²) in [5, 5.41) is 4.08. The molecular formula is C19H22N4O2. The van der Waals surface area contributed by atoms with Crippen molar-refractivity contribution in [2.24, 2.45) is 0 Å². The van der Waals surface area contributed by atoms with Gasteiger partial charge in [0.05, 0.1) is 7.11 Å². The summed E-state index contributed by atoms with van der Waals surface area (Å²) >= 11 is 0. The fourth-order valence-electron chi connectivity index (χ4n) is 2.52. The number of ether oxygens (including phenoxy) is 1. The van der Waals surface area contributed by atoms with E-state index in [-0.39, 0.29) is 0 Å². The van der Waals surface area contributed by atoms with Gasteiger partial charge >= 0.3 is 6.01 Å².